The number of para-hydroxylation sites is 1. The van der Waals surface area contributed by atoms with E-state index < -0.39 is 15.9 Å². The Balaban J connectivity index is 1.67. The molecule has 0 amide bonds. The SMILES string of the molecule is CCC(=O)OC(CN1CCN(c2ccccc2)CC1)c1ccc(S(C)(=O)=O)cc1. The fourth-order valence-electron chi connectivity index (χ4n) is 3.44. The quantitative estimate of drug-likeness (QED) is 0.647. The number of sulfone groups is 1. The molecule has 2 aromatic carbocycles. The molecule has 0 aromatic heterocycles. The van der Waals surface area contributed by atoms with Crippen LogP contribution in [0.1, 0.15) is 25.0 Å². The van der Waals surface area contributed by atoms with E-state index in [1.165, 1.54) is 11.9 Å². The van der Waals surface area contributed by atoms with Gasteiger partial charge in [-0.1, -0.05) is 37.3 Å². The first-order valence-electron chi connectivity index (χ1n) is 9.88. The number of piperazine rings is 1. The molecule has 1 saturated heterocycles. The molecule has 0 radical (unpaired) electrons. The zero-order valence-corrected chi connectivity index (χ0v) is 17.8. The molecule has 0 saturated carbocycles. The molecule has 0 bridgehead atoms. The Labute approximate surface area is 173 Å². The van der Waals surface area contributed by atoms with Gasteiger partial charge in [-0.2, -0.15) is 0 Å². The fraction of sp³-hybridized carbons (Fsp3) is 0.409. The zero-order chi connectivity index (χ0) is 20.9. The van der Waals surface area contributed by atoms with E-state index in [-0.39, 0.29) is 10.9 Å². The maximum Gasteiger partial charge on any atom is 0.306 e. The summed E-state index contributed by atoms with van der Waals surface area (Å²) in [6, 6.07) is 17.0. The third-order valence-corrected chi connectivity index (χ3v) is 6.29. The minimum absolute atomic E-state index is 0.259. The maximum absolute atomic E-state index is 12.0. The van der Waals surface area contributed by atoms with E-state index in [0.717, 1.165) is 31.7 Å². The van der Waals surface area contributed by atoms with Crippen molar-refractivity contribution in [3.05, 3.63) is 60.2 Å². The van der Waals surface area contributed by atoms with E-state index in [9.17, 15) is 13.2 Å². The zero-order valence-electron chi connectivity index (χ0n) is 17.0. The highest BCUT2D eigenvalue weighted by molar-refractivity contribution is 7.90. The van der Waals surface area contributed by atoms with Crippen LogP contribution in [0.15, 0.2) is 59.5 Å². The molecule has 7 heteroatoms. The van der Waals surface area contributed by atoms with Gasteiger partial charge in [-0.25, -0.2) is 8.42 Å². The molecule has 1 fully saturated rings. The number of carbonyl (C=O) groups excluding carboxylic acids is 1. The average Bonchev–Trinajstić information content (AvgIpc) is 2.74. The number of rotatable bonds is 7. The fourth-order valence-corrected chi connectivity index (χ4v) is 4.07. The molecule has 6 nitrogen and oxygen atoms in total. The first kappa shape index (κ1) is 21.3. The number of nitrogens with zero attached hydrogens (tertiary/aromatic N) is 2. The Morgan fingerprint density at radius 1 is 1.00 bits per heavy atom. The number of hydrogen-bond acceptors (Lipinski definition) is 6. The number of hydrogen-bond donors (Lipinski definition) is 0. The van der Waals surface area contributed by atoms with Crippen LogP contribution in [-0.4, -0.2) is 58.3 Å². The van der Waals surface area contributed by atoms with Gasteiger partial charge < -0.3 is 9.64 Å². The van der Waals surface area contributed by atoms with Gasteiger partial charge in [0.25, 0.3) is 0 Å². The molecule has 3 rings (SSSR count). The van der Waals surface area contributed by atoms with Crippen LogP contribution >= 0.6 is 0 Å². The van der Waals surface area contributed by atoms with Crippen LogP contribution in [-0.2, 0) is 19.4 Å². The topological polar surface area (TPSA) is 66.9 Å². The Kier molecular flexibility index (Phi) is 6.92. The van der Waals surface area contributed by atoms with Gasteiger partial charge in [0.1, 0.15) is 6.10 Å². The summed E-state index contributed by atoms with van der Waals surface area (Å²) in [5, 5.41) is 0. The summed E-state index contributed by atoms with van der Waals surface area (Å²) in [5.41, 5.74) is 2.03. The lowest BCUT2D eigenvalue weighted by Gasteiger charge is -2.37. The largest absolute Gasteiger partial charge is 0.456 e. The highest BCUT2D eigenvalue weighted by Crippen LogP contribution is 2.23. The summed E-state index contributed by atoms with van der Waals surface area (Å²) in [4.78, 5) is 16.9. The van der Waals surface area contributed by atoms with Gasteiger partial charge in [-0.3, -0.25) is 9.69 Å². The monoisotopic (exact) mass is 416 g/mol. The predicted molar refractivity (Wildman–Crippen MR) is 114 cm³/mol. The Morgan fingerprint density at radius 2 is 1.62 bits per heavy atom. The summed E-state index contributed by atoms with van der Waals surface area (Å²) in [6.07, 6.45) is 1.07. The molecule has 1 heterocycles. The Morgan fingerprint density at radius 3 is 2.17 bits per heavy atom. The van der Waals surface area contributed by atoms with E-state index in [1.54, 1.807) is 31.2 Å². The normalized spacial score (nSPS) is 16.4. The molecule has 1 atom stereocenters. The van der Waals surface area contributed by atoms with E-state index in [2.05, 4.69) is 21.9 Å². The van der Waals surface area contributed by atoms with Gasteiger partial charge in [0, 0.05) is 51.1 Å². The van der Waals surface area contributed by atoms with Crippen molar-refractivity contribution in [2.45, 2.75) is 24.3 Å². The maximum atomic E-state index is 12.0. The van der Waals surface area contributed by atoms with Crippen molar-refractivity contribution in [2.75, 3.05) is 43.9 Å². The molecule has 1 unspecified atom stereocenters. The van der Waals surface area contributed by atoms with E-state index in [1.807, 2.05) is 18.2 Å². The summed E-state index contributed by atoms with van der Waals surface area (Å²) in [7, 11) is -3.26. The van der Waals surface area contributed by atoms with Crippen LogP contribution in [0.4, 0.5) is 5.69 Å². The van der Waals surface area contributed by atoms with Gasteiger partial charge in [0.05, 0.1) is 4.90 Å². The highest BCUT2D eigenvalue weighted by Gasteiger charge is 2.24. The Hall–Kier alpha value is -2.38. The van der Waals surface area contributed by atoms with Crippen molar-refractivity contribution in [3.8, 4) is 0 Å². The van der Waals surface area contributed by atoms with Gasteiger partial charge in [-0.05, 0) is 29.8 Å². The lowest BCUT2D eigenvalue weighted by molar-refractivity contribution is -0.150. The number of benzene rings is 2. The molecule has 29 heavy (non-hydrogen) atoms. The van der Waals surface area contributed by atoms with Crippen molar-refractivity contribution in [2.24, 2.45) is 0 Å². The van der Waals surface area contributed by atoms with Crippen LogP contribution in [0.2, 0.25) is 0 Å². The van der Waals surface area contributed by atoms with Crippen molar-refractivity contribution in [1.82, 2.24) is 4.90 Å². The lowest BCUT2D eigenvalue weighted by Crippen LogP contribution is -2.47. The number of esters is 1. The summed E-state index contributed by atoms with van der Waals surface area (Å²) < 4.78 is 29.1. The molecule has 156 valence electrons. The minimum Gasteiger partial charge on any atom is -0.456 e. The second-order valence-corrected chi connectivity index (χ2v) is 9.31. The molecule has 1 aliphatic rings. The summed E-state index contributed by atoms with van der Waals surface area (Å²) in [5.74, 6) is -0.259. The van der Waals surface area contributed by atoms with Gasteiger partial charge >= 0.3 is 5.97 Å². The second-order valence-electron chi connectivity index (χ2n) is 7.30. The van der Waals surface area contributed by atoms with E-state index in [4.69, 9.17) is 4.74 Å². The third-order valence-electron chi connectivity index (χ3n) is 5.16. The second kappa shape index (κ2) is 9.41. The summed E-state index contributed by atoms with van der Waals surface area (Å²) in [6.45, 7) is 5.92. The molecule has 0 spiro atoms. The van der Waals surface area contributed by atoms with Gasteiger partial charge in [0.15, 0.2) is 9.84 Å². The molecule has 2 aromatic rings. The third kappa shape index (κ3) is 5.81. The smallest absolute Gasteiger partial charge is 0.306 e. The molecular formula is C22H28N2O4S. The van der Waals surface area contributed by atoms with Crippen LogP contribution < -0.4 is 4.90 Å². The van der Waals surface area contributed by atoms with Gasteiger partial charge in [-0.15, -0.1) is 0 Å². The number of anilines is 1. The van der Waals surface area contributed by atoms with Crippen LogP contribution in [0.5, 0.6) is 0 Å². The van der Waals surface area contributed by atoms with Crippen LogP contribution in [0.3, 0.4) is 0 Å². The van der Waals surface area contributed by atoms with Crippen molar-refractivity contribution in [3.63, 3.8) is 0 Å². The van der Waals surface area contributed by atoms with E-state index in [0.29, 0.717) is 13.0 Å². The Bertz CT molecular complexity index is 906. The van der Waals surface area contributed by atoms with Gasteiger partial charge in [0.2, 0.25) is 0 Å². The van der Waals surface area contributed by atoms with E-state index >= 15 is 0 Å². The van der Waals surface area contributed by atoms with Crippen molar-refractivity contribution >= 4 is 21.5 Å². The van der Waals surface area contributed by atoms with Crippen LogP contribution in [0, 0.1) is 0 Å². The first-order valence-corrected chi connectivity index (χ1v) is 11.8. The molecule has 0 N–H and O–H groups in total. The number of ether oxygens (including phenoxy) is 1. The predicted octanol–water partition coefficient (Wildman–Crippen LogP) is 2.91. The summed E-state index contributed by atoms with van der Waals surface area (Å²) >= 11 is 0. The van der Waals surface area contributed by atoms with Crippen LogP contribution in [0.25, 0.3) is 0 Å². The lowest BCUT2D eigenvalue weighted by atomic mass is 10.1. The average molecular weight is 417 g/mol. The van der Waals surface area contributed by atoms with Crippen molar-refractivity contribution in [1.29, 1.82) is 0 Å². The molecule has 0 aliphatic carbocycles. The highest BCUT2D eigenvalue weighted by atomic mass is 32.2. The molecular weight excluding hydrogens is 388 g/mol. The van der Waals surface area contributed by atoms with Crippen molar-refractivity contribution < 1.29 is 17.9 Å². The number of carbonyl (C=O) groups is 1. The molecule has 1 aliphatic heterocycles. The first-order chi connectivity index (χ1) is 13.9. The standard InChI is InChI=1S/C22H28N2O4S/c1-3-22(25)28-21(18-9-11-20(12-10-18)29(2,26)27)17-23-13-15-24(16-14-23)19-7-5-4-6-8-19/h4-12,21H,3,13-17H2,1-2H3. The minimum atomic E-state index is -3.26.